The molecule has 0 aliphatic carbocycles. The van der Waals surface area contributed by atoms with Crippen molar-refractivity contribution in [1.29, 1.82) is 0 Å². The Balaban J connectivity index is 1.79. The lowest BCUT2D eigenvalue weighted by Gasteiger charge is -2.07. The molecule has 1 heterocycles. The molecule has 3 aromatic rings. The van der Waals surface area contributed by atoms with Gasteiger partial charge in [0.1, 0.15) is 0 Å². The Morgan fingerprint density at radius 2 is 1.68 bits per heavy atom. The van der Waals surface area contributed by atoms with Gasteiger partial charge in [0, 0.05) is 28.9 Å². The summed E-state index contributed by atoms with van der Waals surface area (Å²) in [4.78, 5) is 24.1. The Labute approximate surface area is 149 Å². The Kier molecular flexibility index (Phi) is 4.81. The largest absolute Gasteiger partial charge is 0.355 e. The molecule has 0 atom stereocenters. The molecule has 25 heavy (non-hydrogen) atoms. The molecule has 0 radical (unpaired) electrons. The van der Waals surface area contributed by atoms with Gasteiger partial charge in [0.15, 0.2) is 0 Å². The first-order valence-corrected chi connectivity index (χ1v) is 7.89. The molecule has 7 heteroatoms. The highest BCUT2D eigenvalue weighted by Crippen LogP contribution is 2.23. The monoisotopic (exact) mass is 354 g/mol. The zero-order chi connectivity index (χ0) is 17.8. The number of amides is 2. The normalized spacial score (nSPS) is 10.3. The predicted molar refractivity (Wildman–Crippen MR) is 96.8 cm³/mol. The Morgan fingerprint density at radius 1 is 1.00 bits per heavy atom. The molecule has 2 amide bonds. The van der Waals surface area contributed by atoms with Crippen LogP contribution in [0.5, 0.6) is 0 Å². The predicted octanol–water partition coefficient (Wildman–Crippen LogP) is 3.34. The smallest absolute Gasteiger partial charge is 0.259 e. The Morgan fingerprint density at radius 3 is 2.32 bits per heavy atom. The summed E-state index contributed by atoms with van der Waals surface area (Å²) in [6.45, 7) is 0. The van der Waals surface area contributed by atoms with Gasteiger partial charge in [-0.05, 0) is 36.4 Å². The van der Waals surface area contributed by atoms with E-state index in [0.29, 0.717) is 27.5 Å². The van der Waals surface area contributed by atoms with Crippen LogP contribution in [0.4, 0.5) is 5.69 Å². The molecule has 3 N–H and O–H groups in total. The summed E-state index contributed by atoms with van der Waals surface area (Å²) in [7, 11) is 1.56. The SMILES string of the molecule is CNC(=O)c1ccc(NC(=O)c2cn[nH]c2-c2ccc(Cl)cc2)cc1. The van der Waals surface area contributed by atoms with E-state index in [1.54, 1.807) is 43.4 Å². The summed E-state index contributed by atoms with van der Waals surface area (Å²) in [5, 5.41) is 12.7. The van der Waals surface area contributed by atoms with Crippen LogP contribution >= 0.6 is 11.6 Å². The van der Waals surface area contributed by atoms with E-state index in [9.17, 15) is 9.59 Å². The number of anilines is 1. The van der Waals surface area contributed by atoms with E-state index in [2.05, 4.69) is 20.8 Å². The summed E-state index contributed by atoms with van der Waals surface area (Å²) < 4.78 is 0. The lowest BCUT2D eigenvalue weighted by Crippen LogP contribution is -2.18. The van der Waals surface area contributed by atoms with Crippen molar-refractivity contribution in [3.05, 3.63) is 70.9 Å². The van der Waals surface area contributed by atoms with Crippen molar-refractivity contribution in [2.75, 3.05) is 12.4 Å². The minimum Gasteiger partial charge on any atom is -0.355 e. The molecule has 0 saturated heterocycles. The molecule has 0 spiro atoms. The fourth-order valence-electron chi connectivity index (χ4n) is 2.34. The number of aromatic nitrogens is 2. The maximum atomic E-state index is 12.5. The second-order valence-corrected chi connectivity index (χ2v) is 5.71. The number of H-pyrrole nitrogens is 1. The van der Waals surface area contributed by atoms with Gasteiger partial charge in [-0.1, -0.05) is 23.7 Å². The number of nitrogens with one attached hydrogen (secondary N) is 3. The highest BCUT2D eigenvalue weighted by atomic mass is 35.5. The maximum Gasteiger partial charge on any atom is 0.259 e. The zero-order valence-electron chi connectivity index (χ0n) is 13.3. The average Bonchev–Trinajstić information content (AvgIpc) is 3.12. The van der Waals surface area contributed by atoms with E-state index in [4.69, 9.17) is 11.6 Å². The van der Waals surface area contributed by atoms with Crippen molar-refractivity contribution in [2.45, 2.75) is 0 Å². The number of benzene rings is 2. The number of carbonyl (C=O) groups excluding carboxylic acids is 2. The molecule has 0 aliphatic heterocycles. The van der Waals surface area contributed by atoms with E-state index < -0.39 is 0 Å². The summed E-state index contributed by atoms with van der Waals surface area (Å²) in [6, 6.07) is 13.7. The van der Waals surface area contributed by atoms with Gasteiger partial charge in [-0.15, -0.1) is 0 Å². The van der Waals surface area contributed by atoms with Crippen molar-refractivity contribution >= 4 is 29.1 Å². The van der Waals surface area contributed by atoms with E-state index >= 15 is 0 Å². The van der Waals surface area contributed by atoms with E-state index in [0.717, 1.165) is 5.56 Å². The number of halogens is 1. The Bertz CT molecular complexity index is 902. The highest BCUT2D eigenvalue weighted by molar-refractivity contribution is 6.30. The lowest BCUT2D eigenvalue weighted by atomic mass is 10.1. The number of hydrogen-bond donors (Lipinski definition) is 3. The van der Waals surface area contributed by atoms with Gasteiger partial charge in [-0.3, -0.25) is 14.7 Å². The minimum atomic E-state index is -0.300. The number of nitrogens with zero attached hydrogens (tertiary/aromatic N) is 1. The van der Waals surface area contributed by atoms with Crippen molar-refractivity contribution in [3.8, 4) is 11.3 Å². The molecule has 126 valence electrons. The molecular weight excluding hydrogens is 340 g/mol. The van der Waals surface area contributed by atoms with Gasteiger partial charge in [0.2, 0.25) is 0 Å². The first-order valence-electron chi connectivity index (χ1n) is 7.51. The van der Waals surface area contributed by atoms with Gasteiger partial charge in [0.25, 0.3) is 11.8 Å². The maximum absolute atomic E-state index is 12.5. The van der Waals surface area contributed by atoms with Gasteiger partial charge in [-0.25, -0.2) is 0 Å². The third kappa shape index (κ3) is 3.70. The van der Waals surface area contributed by atoms with Gasteiger partial charge < -0.3 is 10.6 Å². The summed E-state index contributed by atoms with van der Waals surface area (Å²) in [5.41, 5.74) is 2.93. The van der Waals surface area contributed by atoms with Gasteiger partial charge >= 0.3 is 0 Å². The fraction of sp³-hybridized carbons (Fsp3) is 0.0556. The van der Waals surface area contributed by atoms with E-state index in [-0.39, 0.29) is 11.8 Å². The summed E-state index contributed by atoms with van der Waals surface area (Å²) in [5.74, 6) is -0.482. The molecule has 3 rings (SSSR count). The second-order valence-electron chi connectivity index (χ2n) is 5.28. The molecule has 6 nitrogen and oxygen atoms in total. The Hall–Kier alpha value is -3.12. The molecule has 0 fully saturated rings. The van der Waals surface area contributed by atoms with Crippen LogP contribution in [0, 0.1) is 0 Å². The minimum absolute atomic E-state index is 0.183. The van der Waals surface area contributed by atoms with E-state index in [1.165, 1.54) is 6.20 Å². The van der Waals surface area contributed by atoms with Crippen LogP contribution in [-0.2, 0) is 0 Å². The van der Waals surface area contributed by atoms with Crippen molar-refractivity contribution < 1.29 is 9.59 Å². The topological polar surface area (TPSA) is 86.9 Å². The lowest BCUT2D eigenvalue weighted by molar-refractivity contribution is 0.0962. The van der Waals surface area contributed by atoms with Crippen LogP contribution in [0.25, 0.3) is 11.3 Å². The van der Waals surface area contributed by atoms with Crippen LogP contribution in [0.15, 0.2) is 54.7 Å². The number of aromatic amines is 1. The summed E-state index contributed by atoms with van der Waals surface area (Å²) in [6.07, 6.45) is 1.47. The van der Waals surface area contributed by atoms with E-state index in [1.807, 2.05) is 12.1 Å². The van der Waals surface area contributed by atoms with Crippen molar-refractivity contribution in [2.24, 2.45) is 0 Å². The van der Waals surface area contributed by atoms with Gasteiger partial charge in [-0.2, -0.15) is 5.10 Å². The van der Waals surface area contributed by atoms with Crippen molar-refractivity contribution in [3.63, 3.8) is 0 Å². The van der Waals surface area contributed by atoms with Crippen LogP contribution in [0.2, 0.25) is 5.02 Å². The standard InChI is InChI=1S/C18H15ClN4O2/c1-20-17(24)12-4-8-14(9-5-12)22-18(25)15-10-21-23-16(15)11-2-6-13(19)7-3-11/h2-10H,1H3,(H,20,24)(H,21,23)(H,22,25). The first kappa shape index (κ1) is 16.7. The quantitative estimate of drug-likeness (QED) is 0.671. The number of carbonyl (C=O) groups is 2. The van der Waals surface area contributed by atoms with Gasteiger partial charge in [0.05, 0.1) is 17.5 Å². The number of hydrogen-bond acceptors (Lipinski definition) is 3. The third-order valence-corrected chi connectivity index (χ3v) is 3.90. The molecular formula is C18H15ClN4O2. The molecule has 0 saturated carbocycles. The van der Waals surface area contributed by atoms with Crippen LogP contribution < -0.4 is 10.6 Å². The second kappa shape index (κ2) is 7.19. The molecule has 0 bridgehead atoms. The average molecular weight is 355 g/mol. The number of rotatable bonds is 4. The summed E-state index contributed by atoms with van der Waals surface area (Å²) >= 11 is 5.89. The molecule has 0 aliphatic rings. The first-order chi connectivity index (χ1) is 12.1. The van der Waals surface area contributed by atoms with Crippen LogP contribution in [-0.4, -0.2) is 29.1 Å². The fourth-order valence-corrected chi connectivity index (χ4v) is 2.47. The zero-order valence-corrected chi connectivity index (χ0v) is 14.1. The molecule has 1 aromatic heterocycles. The van der Waals surface area contributed by atoms with Crippen LogP contribution in [0.3, 0.4) is 0 Å². The van der Waals surface area contributed by atoms with Crippen LogP contribution in [0.1, 0.15) is 20.7 Å². The third-order valence-electron chi connectivity index (χ3n) is 3.65. The molecule has 2 aromatic carbocycles. The molecule has 0 unspecified atom stereocenters. The highest BCUT2D eigenvalue weighted by Gasteiger charge is 2.15. The van der Waals surface area contributed by atoms with Crippen molar-refractivity contribution in [1.82, 2.24) is 15.5 Å².